The summed E-state index contributed by atoms with van der Waals surface area (Å²) < 4.78 is 0. The molecular formula is C16H22N2O3. The first-order valence-corrected chi connectivity index (χ1v) is 7.27. The Labute approximate surface area is 125 Å². The number of urea groups is 1. The molecule has 0 saturated carbocycles. The van der Waals surface area contributed by atoms with Crippen LogP contribution in [0.4, 0.5) is 4.79 Å². The summed E-state index contributed by atoms with van der Waals surface area (Å²) in [4.78, 5) is 25.0. The number of aryl methyl sites for hydroxylation is 1. The van der Waals surface area contributed by atoms with Crippen molar-refractivity contribution in [3.63, 3.8) is 0 Å². The Morgan fingerprint density at radius 2 is 2.05 bits per heavy atom. The molecule has 1 fully saturated rings. The molecule has 0 aliphatic carbocycles. The zero-order chi connectivity index (χ0) is 15.4. The first kappa shape index (κ1) is 15.4. The number of hydrogen-bond acceptors (Lipinski definition) is 2. The summed E-state index contributed by atoms with van der Waals surface area (Å²) >= 11 is 0. The second kappa shape index (κ2) is 6.61. The number of rotatable bonds is 3. The highest BCUT2D eigenvalue weighted by molar-refractivity contribution is 5.76. The molecule has 1 aromatic rings. The SMILES string of the molecule is Cc1ccccc1CNC(=O)N1CC(C)CC(C(=O)O)C1. The third-order valence-corrected chi connectivity index (χ3v) is 3.99. The number of nitrogens with one attached hydrogen (secondary N) is 1. The van der Waals surface area contributed by atoms with E-state index in [9.17, 15) is 9.59 Å². The van der Waals surface area contributed by atoms with Gasteiger partial charge in [0, 0.05) is 19.6 Å². The van der Waals surface area contributed by atoms with Crippen molar-refractivity contribution in [2.24, 2.45) is 11.8 Å². The number of likely N-dealkylation sites (tertiary alicyclic amines) is 1. The van der Waals surface area contributed by atoms with Gasteiger partial charge < -0.3 is 15.3 Å². The summed E-state index contributed by atoms with van der Waals surface area (Å²) in [7, 11) is 0. The van der Waals surface area contributed by atoms with Crippen LogP contribution >= 0.6 is 0 Å². The van der Waals surface area contributed by atoms with E-state index in [0.29, 0.717) is 26.1 Å². The number of carboxylic acid groups (broad SMARTS) is 1. The van der Waals surface area contributed by atoms with E-state index in [1.165, 1.54) is 0 Å². The molecule has 1 aromatic carbocycles. The number of carboxylic acids is 1. The smallest absolute Gasteiger partial charge is 0.317 e. The van der Waals surface area contributed by atoms with Crippen LogP contribution in [-0.4, -0.2) is 35.1 Å². The van der Waals surface area contributed by atoms with E-state index in [2.05, 4.69) is 5.32 Å². The minimum atomic E-state index is -0.821. The van der Waals surface area contributed by atoms with Crippen molar-refractivity contribution in [3.8, 4) is 0 Å². The number of amides is 2. The molecule has 1 aliphatic rings. The zero-order valence-corrected chi connectivity index (χ0v) is 12.5. The maximum absolute atomic E-state index is 12.2. The zero-order valence-electron chi connectivity index (χ0n) is 12.5. The summed E-state index contributed by atoms with van der Waals surface area (Å²) in [6.07, 6.45) is 0.636. The minimum Gasteiger partial charge on any atom is -0.481 e. The number of benzene rings is 1. The molecule has 0 bridgehead atoms. The van der Waals surface area contributed by atoms with Gasteiger partial charge in [-0.3, -0.25) is 4.79 Å². The van der Waals surface area contributed by atoms with Crippen LogP contribution < -0.4 is 5.32 Å². The summed E-state index contributed by atoms with van der Waals surface area (Å²) in [6, 6.07) is 7.71. The van der Waals surface area contributed by atoms with E-state index < -0.39 is 11.9 Å². The Morgan fingerprint density at radius 3 is 2.71 bits per heavy atom. The molecule has 1 saturated heterocycles. The minimum absolute atomic E-state index is 0.184. The van der Waals surface area contributed by atoms with Gasteiger partial charge in [-0.05, 0) is 30.4 Å². The number of carbonyl (C=O) groups excluding carboxylic acids is 1. The highest BCUT2D eigenvalue weighted by Gasteiger charge is 2.31. The van der Waals surface area contributed by atoms with Crippen LogP contribution in [0.2, 0.25) is 0 Å². The molecule has 2 atom stereocenters. The van der Waals surface area contributed by atoms with Crippen LogP contribution in [0.3, 0.4) is 0 Å². The number of nitrogens with zero attached hydrogens (tertiary/aromatic N) is 1. The average Bonchev–Trinajstić information content (AvgIpc) is 2.45. The van der Waals surface area contributed by atoms with Crippen molar-refractivity contribution in [3.05, 3.63) is 35.4 Å². The summed E-state index contributed by atoms with van der Waals surface area (Å²) in [6.45, 7) is 5.36. The first-order valence-electron chi connectivity index (χ1n) is 7.27. The lowest BCUT2D eigenvalue weighted by Crippen LogP contribution is -2.49. The summed E-state index contributed by atoms with van der Waals surface area (Å²) in [5.74, 6) is -1.07. The molecule has 2 amide bonds. The van der Waals surface area contributed by atoms with Crippen molar-refractivity contribution in [2.75, 3.05) is 13.1 Å². The van der Waals surface area contributed by atoms with Crippen molar-refractivity contribution < 1.29 is 14.7 Å². The molecule has 21 heavy (non-hydrogen) atoms. The van der Waals surface area contributed by atoms with Gasteiger partial charge in [0.25, 0.3) is 0 Å². The van der Waals surface area contributed by atoms with Gasteiger partial charge in [-0.1, -0.05) is 31.2 Å². The van der Waals surface area contributed by atoms with Crippen molar-refractivity contribution in [1.82, 2.24) is 10.2 Å². The first-order chi connectivity index (χ1) is 9.97. The van der Waals surface area contributed by atoms with Crippen LogP contribution in [0.1, 0.15) is 24.5 Å². The fourth-order valence-electron chi connectivity index (χ4n) is 2.79. The number of aliphatic carboxylic acids is 1. The lowest BCUT2D eigenvalue weighted by Gasteiger charge is -2.34. The van der Waals surface area contributed by atoms with Gasteiger partial charge in [0.15, 0.2) is 0 Å². The molecular weight excluding hydrogens is 268 g/mol. The molecule has 1 aliphatic heterocycles. The van der Waals surface area contributed by atoms with E-state index >= 15 is 0 Å². The van der Waals surface area contributed by atoms with Crippen LogP contribution in [0.25, 0.3) is 0 Å². The fraction of sp³-hybridized carbons (Fsp3) is 0.500. The largest absolute Gasteiger partial charge is 0.481 e. The lowest BCUT2D eigenvalue weighted by molar-refractivity contribution is -0.143. The molecule has 5 heteroatoms. The third-order valence-electron chi connectivity index (χ3n) is 3.99. The van der Waals surface area contributed by atoms with Crippen molar-refractivity contribution in [2.45, 2.75) is 26.8 Å². The second-order valence-corrected chi connectivity index (χ2v) is 5.87. The maximum atomic E-state index is 12.2. The van der Waals surface area contributed by atoms with Gasteiger partial charge >= 0.3 is 12.0 Å². The van der Waals surface area contributed by atoms with Gasteiger partial charge in [0.1, 0.15) is 0 Å². The molecule has 2 unspecified atom stereocenters. The normalized spacial score (nSPS) is 21.9. The van der Waals surface area contributed by atoms with E-state index in [-0.39, 0.29) is 11.9 Å². The molecule has 5 nitrogen and oxygen atoms in total. The lowest BCUT2D eigenvalue weighted by atomic mass is 9.91. The number of hydrogen-bond donors (Lipinski definition) is 2. The topological polar surface area (TPSA) is 69.6 Å². The Kier molecular flexibility index (Phi) is 4.83. The summed E-state index contributed by atoms with van der Waals surface area (Å²) in [5, 5.41) is 12.0. The highest BCUT2D eigenvalue weighted by atomic mass is 16.4. The number of carbonyl (C=O) groups is 2. The van der Waals surface area contributed by atoms with Gasteiger partial charge in [0.2, 0.25) is 0 Å². The van der Waals surface area contributed by atoms with Gasteiger partial charge in [-0.15, -0.1) is 0 Å². The predicted molar refractivity (Wildman–Crippen MR) is 79.9 cm³/mol. The molecule has 0 aromatic heterocycles. The molecule has 2 rings (SSSR count). The molecule has 1 heterocycles. The molecule has 114 valence electrons. The van der Waals surface area contributed by atoms with E-state index in [4.69, 9.17) is 5.11 Å². The quantitative estimate of drug-likeness (QED) is 0.897. The molecule has 0 spiro atoms. The fourth-order valence-corrected chi connectivity index (χ4v) is 2.79. The van der Waals surface area contributed by atoms with Crippen LogP contribution in [-0.2, 0) is 11.3 Å². The van der Waals surface area contributed by atoms with Crippen LogP contribution in [0.15, 0.2) is 24.3 Å². The van der Waals surface area contributed by atoms with Crippen molar-refractivity contribution >= 4 is 12.0 Å². The van der Waals surface area contributed by atoms with Crippen LogP contribution in [0, 0.1) is 18.8 Å². The Bertz CT molecular complexity index is 530. The van der Waals surface area contributed by atoms with Gasteiger partial charge in [-0.25, -0.2) is 4.79 Å². The Morgan fingerprint density at radius 1 is 1.33 bits per heavy atom. The third kappa shape index (κ3) is 3.97. The van der Waals surface area contributed by atoms with E-state index in [0.717, 1.165) is 11.1 Å². The maximum Gasteiger partial charge on any atom is 0.317 e. The molecule has 0 radical (unpaired) electrons. The molecule has 2 N–H and O–H groups in total. The standard InChI is InChI=1S/C16H22N2O3/c1-11-7-14(15(19)20)10-18(9-11)16(21)17-8-13-6-4-3-5-12(13)2/h3-6,11,14H,7-10H2,1-2H3,(H,17,21)(H,19,20). The average molecular weight is 290 g/mol. The Balaban J connectivity index is 1.93. The van der Waals surface area contributed by atoms with E-state index in [1.54, 1.807) is 4.90 Å². The predicted octanol–water partition coefficient (Wildman–Crippen LogP) is 2.25. The van der Waals surface area contributed by atoms with E-state index in [1.807, 2.05) is 38.1 Å². The van der Waals surface area contributed by atoms with Gasteiger partial charge in [-0.2, -0.15) is 0 Å². The number of piperidine rings is 1. The van der Waals surface area contributed by atoms with Crippen molar-refractivity contribution in [1.29, 1.82) is 0 Å². The highest BCUT2D eigenvalue weighted by Crippen LogP contribution is 2.21. The summed E-state index contributed by atoms with van der Waals surface area (Å²) in [5.41, 5.74) is 2.21. The monoisotopic (exact) mass is 290 g/mol. The van der Waals surface area contributed by atoms with Gasteiger partial charge in [0.05, 0.1) is 5.92 Å². The Hall–Kier alpha value is -2.04. The van der Waals surface area contributed by atoms with Crippen LogP contribution in [0.5, 0.6) is 0 Å². The second-order valence-electron chi connectivity index (χ2n) is 5.87.